The molecule has 0 aliphatic carbocycles. The molecular weight excluding hydrogens is 357 g/mol. The number of methoxy groups -OCH3 is 1. The highest BCUT2D eigenvalue weighted by atomic mass is 19.4. The van der Waals surface area contributed by atoms with Gasteiger partial charge in [0.2, 0.25) is 0 Å². The van der Waals surface area contributed by atoms with Crippen molar-refractivity contribution in [3.8, 4) is 5.75 Å². The van der Waals surface area contributed by atoms with Gasteiger partial charge >= 0.3 is 18.4 Å². The Morgan fingerprint density at radius 2 is 1.85 bits per heavy atom. The van der Waals surface area contributed by atoms with Crippen LogP contribution in [0.25, 0.3) is 0 Å². The van der Waals surface area contributed by atoms with E-state index in [0.29, 0.717) is 5.56 Å². The summed E-state index contributed by atoms with van der Waals surface area (Å²) in [6.45, 7) is 4.95. The standard InChI is InChI=1S/C16H21F3N2O5/c1-15(2,3)26-14(23)21-12(13(22)24-4)7-9-5-6-10(8-11(9)20)25-16(17,18)19/h5-6,8,12H,7,20H2,1-4H3,(H,21,23). The van der Waals surface area contributed by atoms with Gasteiger partial charge in [-0.3, -0.25) is 0 Å². The number of esters is 1. The van der Waals surface area contributed by atoms with Gasteiger partial charge in [0.05, 0.1) is 7.11 Å². The number of rotatable bonds is 5. The van der Waals surface area contributed by atoms with Crippen molar-refractivity contribution in [2.24, 2.45) is 0 Å². The SMILES string of the molecule is COC(=O)C(Cc1ccc(OC(F)(F)F)cc1N)NC(=O)OC(C)(C)C. The molecule has 3 N–H and O–H groups in total. The van der Waals surface area contributed by atoms with Crippen molar-refractivity contribution in [3.05, 3.63) is 23.8 Å². The molecule has 0 aliphatic heterocycles. The quantitative estimate of drug-likeness (QED) is 0.604. The van der Waals surface area contributed by atoms with Crippen LogP contribution in [0.1, 0.15) is 26.3 Å². The number of hydrogen-bond acceptors (Lipinski definition) is 6. The lowest BCUT2D eigenvalue weighted by atomic mass is 10.0. The van der Waals surface area contributed by atoms with Crippen molar-refractivity contribution < 1.29 is 37.0 Å². The fourth-order valence-corrected chi connectivity index (χ4v) is 1.96. The first-order valence-corrected chi connectivity index (χ1v) is 7.52. The molecule has 1 aromatic carbocycles. The minimum absolute atomic E-state index is 0.0355. The second-order valence-electron chi connectivity index (χ2n) is 6.33. The first kappa shape index (κ1) is 21.4. The fraction of sp³-hybridized carbons (Fsp3) is 0.500. The third kappa shape index (κ3) is 7.49. The molecule has 0 spiro atoms. The first-order valence-electron chi connectivity index (χ1n) is 7.52. The van der Waals surface area contributed by atoms with E-state index in [1.807, 2.05) is 0 Å². The Bertz CT molecular complexity index is 656. The van der Waals surface area contributed by atoms with Crippen molar-refractivity contribution in [2.45, 2.75) is 45.2 Å². The highest BCUT2D eigenvalue weighted by molar-refractivity contribution is 5.82. The number of nitrogen functional groups attached to an aromatic ring is 1. The van der Waals surface area contributed by atoms with Crippen molar-refractivity contribution in [3.63, 3.8) is 0 Å². The maximum atomic E-state index is 12.2. The largest absolute Gasteiger partial charge is 0.573 e. The molecule has 0 aliphatic rings. The van der Waals surface area contributed by atoms with Crippen molar-refractivity contribution in [1.82, 2.24) is 5.32 Å². The Balaban J connectivity index is 2.91. The van der Waals surface area contributed by atoms with E-state index in [9.17, 15) is 22.8 Å². The summed E-state index contributed by atoms with van der Waals surface area (Å²) in [6, 6.07) is 2.17. The number of nitrogens with one attached hydrogen (secondary N) is 1. The molecule has 146 valence electrons. The van der Waals surface area contributed by atoms with Crippen LogP contribution in [0, 0.1) is 0 Å². The van der Waals surface area contributed by atoms with E-state index in [4.69, 9.17) is 10.5 Å². The lowest BCUT2D eigenvalue weighted by Gasteiger charge is -2.23. The number of alkyl carbamates (subject to hydrolysis) is 1. The summed E-state index contributed by atoms with van der Waals surface area (Å²) in [5.74, 6) is -1.25. The average molecular weight is 378 g/mol. The number of nitrogens with two attached hydrogens (primary N) is 1. The number of alkyl halides is 3. The summed E-state index contributed by atoms with van der Waals surface area (Å²) in [7, 11) is 1.13. The van der Waals surface area contributed by atoms with Crippen LogP contribution in [-0.4, -0.2) is 37.2 Å². The lowest BCUT2D eigenvalue weighted by molar-refractivity contribution is -0.274. The molecule has 1 atom stereocenters. The van der Waals surface area contributed by atoms with E-state index in [0.717, 1.165) is 19.2 Å². The molecule has 1 unspecified atom stereocenters. The third-order valence-corrected chi connectivity index (χ3v) is 2.95. The minimum Gasteiger partial charge on any atom is -0.467 e. The number of hydrogen-bond donors (Lipinski definition) is 2. The summed E-state index contributed by atoms with van der Waals surface area (Å²) in [5.41, 5.74) is 5.23. The molecule has 0 radical (unpaired) electrons. The normalized spacial score (nSPS) is 12.9. The van der Waals surface area contributed by atoms with Gasteiger partial charge in [0, 0.05) is 18.2 Å². The van der Waals surface area contributed by atoms with Gasteiger partial charge in [-0.15, -0.1) is 13.2 Å². The number of anilines is 1. The zero-order valence-electron chi connectivity index (χ0n) is 14.8. The highest BCUT2D eigenvalue weighted by Gasteiger charge is 2.31. The predicted molar refractivity (Wildman–Crippen MR) is 86.4 cm³/mol. The molecule has 0 fully saturated rings. The molecule has 0 saturated heterocycles. The molecule has 1 aromatic rings. The van der Waals surface area contributed by atoms with E-state index in [1.165, 1.54) is 6.07 Å². The van der Waals surface area contributed by atoms with Gasteiger partial charge in [0.25, 0.3) is 0 Å². The number of halogens is 3. The van der Waals surface area contributed by atoms with Gasteiger partial charge in [-0.2, -0.15) is 0 Å². The zero-order valence-corrected chi connectivity index (χ0v) is 14.8. The van der Waals surface area contributed by atoms with E-state index in [1.54, 1.807) is 20.8 Å². The Morgan fingerprint density at radius 1 is 1.23 bits per heavy atom. The fourth-order valence-electron chi connectivity index (χ4n) is 1.96. The van der Waals surface area contributed by atoms with Crippen LogP contribution in [0.5, 0.6) is 5.75 Å². The van der Waals surface area contributed by atoms with Crippen LogP contribution in [0.4, 0.5) is 23.7 Å². The van der Waals surface area contributed by atoms with Gasteiger partial charge in [-0.1, -0.05) is 6.07 Å². The van der Waals surface area contributed by atoms with E-state index >= 15 is 0 Å². The Kier molecular flexibility index (Phi) is 6.71. The first-order chi connectivity index (χ1) is 11.8. The van der Waals surface area contributed by atoms with Crippen LogP contribution >= 0.6 is 0 Å². The van der Waals surface area contributed by atoms with Gasteiger partial charge in [-0.25, -0.2) is 9.59 Å². The van der Waals surface area contributed by atoms with Crippen LogP contribution in [0.2, 0.25) is 0 Å². The zero-order chi connectivity index (χ0) is 20.1. The summed E-state index contributed by atoms with van der Waals surface area (Å²) >= 11 is 0. The average Bonchev–Trinajstić information content (AvgIpc) is 2.44. The van der Waals surface area contributed by atoms with Crippen molar-refractivity contribution in [1.29, 1.82) is 0 Å². The minimum atomic E-state index is -4.85. The molecular formula is C16H21F3N2O5. The number of carbonyl (C=O) groups excluding carboxylic acids is 2. The smallest absolute Gasteiger partial charge is 0.467 e. The topological polar surface area (TPSA) is 99.9 Å². The van der Waals surface area contributed by atoms with Crippen LogP contribution in [0.3, 0.4) is 0 Å². The van der Waals surface area contributed by atoms with Gasteiger partial charge in [-0.05, 0) is 32.4 Å². The molecule has 0 aromatic heterocycles. The highest BCUT2D eigenvalue weighted by Crippen LogP contribution is 2.27. The molecule has 10 heteroatoms. The van der Waals surface area contributed by atoms with Gasteiger partial charge in [0.1, 0.15) is 17.4 Å². The summed E-state index contributed by atoms with van der Waals surface area (Å²) < 4.78 is 50.1. The maximum Gasteiger partial charge on any atom is 0.573 e. The second-order valence-corrected chi connectivity index (χ2v) is 6.33. The van der Waals surface area contributed by atoms with Crippen molar-refractivity contribution in [2.75, 3.05) is 12.8 Å². The van der Waals surface area contributed by atoms with E-state index < -0.39 is 35.8 Å². The molecule has 26 heavy (non-hydrogen) atoms. The molecule has 0 heterocycles. The van der Waals surface area contributed by atoms with E-state index in [2.05, 4.69) is 14.8 Å². The predicted octanol–water partition coefficient (Wildman–Crippen LogP) is 2.78. The summed E-state index contributed by atoms with van der Waals surface area (Å²) in [5, 5.41) is 2.35. The van der Waals surface area contributed by atoms with Gasteiger partial charge in [0.15, 0.2) is 0 Å². The second kappa shape index (κ2) is 8.15. The van der Waals surface area contributed by atoms with E-state index in [-0.39, 0.29) is 12.1 Å². The van der Waals surface area contributed by atoms with Gasteiger partial charge < -0.3 is 25.3 Å². The summed E-state index contributed by atoms with van der Waals surface area (Å²) in [6.07, 6.45) is -5.80. The molecule has 7 nitrogen and oxygen atoms in total. The van der Waals surface area contributed by atoms with Crippen LogP contribution in [-0.2, 0) is 20.7 Å². The molecule has 1 rings (SSSR count). The number of ether oxygens (including phenoxy) is 3. The Labute approximate surface area is 148 Å². The summed E-state index contributed by atoms with van der Waals surface area (Å²) in [4.78, 5) is 23.7. The molecule has 0 bridgehead atoms. The third-order valence-electron chi connectivity index (χ3n) is 2.95. The lowest BCUT2D eigenvalue weighted by Crippen LogP contribution is -2.45. The number of amides is 1. The number of carbonyl (C=O) groups is 2. The maximum absolute atomic E-state index is 12.2. The van der Waals surface area contributed by atoms with Crippen molar-refractivity contribution >= 4 is 17.7 Å². The Hall–Kier alpha value is -2.65. The van der Waals surface area contributed by atoms with Crippen LogP contribution < -0.4 is 15.8 Å². The van der Waals surface area contributed by atoms with Crippen LogP contribution in [0.15, 0.2) is 18.2 Å². The molecule has 0 saturated carbocycles. The monoisotopic (exact) mass is 378 g/mol. The molecule has 1 amide bonds. The Morgan fingerprint density at radius 3 is 2.31 bits per heavy atom. The number of benzene rings is 1.